The average molecular weight is 365 g/mol. The molecule has 0 amide bonds. The van der Waals surface area contributed by atoms with Crippen LogP contribution in [0, 0.1) is 18.3 Å². The van der Waals surface area contributed by atoms with Crippen LogP contribution in [0.25, 0.3) is 16.6 Å². The summed E-state index contributed by atoms with van der Waals surface area (Å²) in [5, 5.41) is 13.1. The molecule has 0 atom stereocenters. The van der Waals surface area contributed by atoms with Crippen molar-refractivity contribution in [3.63, 3.8) is 0 Å². The lowest BCUT2D eigenvalue weighted by molar-refractivity contribution is 0.0519. The number of nitrogen functional groups attached to an aromatic ring is 1. The van der Waals surface area contributed by atoms with Crippen LogP contribution in [-0.2, 0) is 4.74 Å². The van der Waals surface area contributed by atoms with Gasteiger partial charge in [0.1, 0.15) is 11.6 Å². The molecular formula is C18H15N5O4. The van der Waals surface area contributed by atoms with E-state index in [4.69, 9.17) is 15.7 Å². The van der Waals surface area contributed by atoms with Crippen LogP contribution in [-0.4, -0.2) is 27.3 Å². The maximum Gasteiger partial charge on any atom is 0.361 e. The van der Waals surface area contributed by atoms with Crippen molar-refractivity contribution in [1.29, 1.82) is 5.26 Å². The molecule has 0 saturated carbocycles. The van der Waals surface area contributed by atoms with Crippen molar-refractivity contribution < 1.29 is 9.53 Å². The number of nitriles is 1. The highest BCUT2D eigenvalue weighted by molar-refractivity contribution is 6.04. The number of fused-ring (bicyclic) bond motifs is 1. The minimum atomic E-state index is -0.830. The summed E-state index contributed by atoms with van der Waals surface area (Å²) in [5.74, 6) is -0.830. The van der Waals surface area contributed by atoms with Gasteiger partial charge in [-0.05, 0) is 26.0 Å². The molecule has 136 valence electrons. The monoisotopic (exact) mass is 365 g/mol. The summed E-state index contributed by atoms with van der Waals surface area (Å²) in [6.07, 6.45) is 0. The van der Waals surface area contributed by atoms with Gasteiger partial charge >= 0.3 is 5.97 Å². The number of benzene rings is 1. The summed E-state index contributed by atoms with van der Waals surface area (Å²) in [4.78, 5) is 39.8. The second kappa shape index (κ2) is 6.76. The topological polar surface area (TPSA) is 144 Å². The molecule has 0 aliphatic heterocycles. The van der Waals surface area contributed by atoms with Crippen molar-refractivity contribution in [2.75, 3.05) is 12.3 Å². The first-order valence-electron chi connectivity index (χ1n) is 8.02. The Balaban J connectivity index is 2.49. The molecule has 0 unspecified atom stereocenters. The number of ether oxygens (including phenoxy) is 1. The number of hydrogen-bond acceptors (Lipinski definition) is 7. The van der Waals surface area contributed by atoms with Gasteiger partial charge in [0.15, 0.2) is 5.69 Å². The molecule has 2 heterocycles. The zero-order valence-corrected chi connectivity index (χ0v) is 14.6. The average Bonchev–Trinajstić information content (AvgIpc) is 2.63. The van der Waals surface area contributed by atoms with Crippen LogP contribution in [0.15, 0.2) is 33.9 Å². The summed E-state index contributed by atoms with van der Waals surface area (Å²) in [7, 11) is 0. The third-order valence-electron chi connectivity index (χ3n) is 3.96. The van der Waals surface area contributed by atoms with Crippen molar-refractivity contribution in [2.24, 2.45) is 0 Å². The predicted molar refractivity (Wildman–Crippen MR) is 97.8 cm³/mol. The minimum Gasteiger partial charge on any atom is -0.461 e. The molecule has 9 heteroatoms. The van der Waals surface area contributed by atoms with E-state index in [0.717, 1.165) is 10.2 Å². The van der Waals surface area contributed by atoms with Gasteiger partial charge in [0, 0.05) is 0 Å². The number of pyridine rings is 1. The molecule has 0 aliphatic rings. The Labute approximate surface area is 152 Å². The van der Waals surface area contributed by atoms with Crippen molar-refractivity contribution in [3.05, 3.63) is 61.8 Å². The van der Waals surface area contributed by atoms with Gasteiger partial charge in [-0.25, -0.2) is 4.79 Å². The molecule has 9 nitrogen and oxygen atoms in total. The Morgan fingerprint density at radius 3 is 2.59 bits per heavy atom. The van der Waals surface area contributed by atoms with Gasteiger partial charge in [-0.2, -0.15) is 15.0 Å². The Morgan fingerprint density at radius 2 is 2.00 bits per heavy atom. The standard InChI is InChI=1S/C18H15N5O4/c1-3-27-18(26)15-14-12(13(20)11(8-19)16(24)21-14)17(25)23(22-15)10-6-4-9(2)5-7-10/h4-7H,3H2,1-2H3,(H3,20,21,24). The van der Waals surface area contributed by atoms with Gasteiger partial charge in [-0.1, -0.05) is 17.7 Å². The molecule has 27 heavy (non-hydrogen) atoms. The molecule has 0 fully saturated rings. The number of rotatable bonds is 3. The molecule has 0 saturated heterocycles. The second-order valence-corrected chi connectivity index (χ2v) is 5.73. The summed E-state index contributed by atoms with van der Waals surface area (Å²) >= 11 is 0. The van der Waals surface area contributed by atoms with Gasteiger partial charge in [-0.15, -0.1) is 0 Å². The van der Waals surface area contributed by atoms with Crippen LogP contribution in [0.3, 0.4) is 0 Å². The smallest absolute Gasteiger partial charge is 0.361 e. The summed E-state index contributed by atoms with van der Waals surface area (Å²) in [6, 6.07) is 8.52. The minimum absolute atomic E-state index is 0.0711. The Hall–Kier alpha value is -3.93. The Kier molecular flexibility index (Phi) is 4.48. The van der Waals surface area contributed by atoms with Gasteiger partial charge in [0.05, 0.1) is 28.9 Å². The van der Waals surface area contributed by atoms with Gasteiger partial charge in [-0.3, -0.25) is 9.59 Å². The lowest BCUT2D eigenvalue weighted by atomic mass is 10.1. The third kappa shape index (κ3) is 2.93. The summed E-state index contributed by atoms with van der Waals surface area (Å²) in [6.45, 7) is 3.56. The van der Waals surface area contributed by atoms with Crippen molar-refractivity contribution in [3.8, 4) is 11.8 Å². The number of anilines is 1. The van der Waals surface area contributed by atoms with Crippen LogP contribution in [0.5, 0.6) is 0 Å². The SMILES string of the molecule is CCOC(=O)c1nn(-c2ccc(C)cc2)c(=O)c2c(N)c(C#N)c(=O)[nH]c12. The van der Waals surface area contributed by atoms with E-state index in [1.54, 1.807) is 37.3 Å². The van der Waals surface area contributed by atoms with E-state index in [1.165, 1.54) is 0 Å². The molecule has 3 N–H and O–H groups in total. The van der Waals surface area contributed by atoms with E-state index < -0.39 is 22.7 Å². The Bertz CT molecular complexity index is 1220. The fraction of sp³-hybridized carbons (Fsp3) is 0.167. The predicted octanol–water partition coefficient (Wildman–Crippen LogP) is 1.01. The van der Waals surface area contributed by atoms with Gasteiger partial charge in [0.2, 0.25) is 0 Å². The molecule has 3 rings (SSSR count). The molecule has 3 aromatic rings. The molecule has 1 aromatic carbocycles. The number of aromatic nitrogens is 3. The fourth-order valence-corrected chi connectivity index (χ4v) is 2.64. The normalized spacial score (nSPS) is 10.6. The first-order valence-corrected chi connectivity index (χ1v) is 8.02. The van der Waals surface area contributed by atoms with E-state index in [-0.39, 0.29) is 28.9 Å². The number of hydrogen-bond donors (Lipinski definition) is 2. The third-order valence-corrected chi connectivity index (χ3v) is 3.96. The number of aromatic amines is 1. The van der Waals surface area contributed by atoms with Crippen LogP contribution in [0.4, 0.5) is 5.69 Å². The maximum absolute atomic E-state index is 13.0. The molecule has 0 radical (unpaired) electrons. The highest BCUT2D eigenvalue weighted by atomic mass is 16.5. The molecule has 0 bridgehead atoms. The zero-order chi connectivity index (χ0) is 19.7. The maximum atomic E-state index is 13.0. The first-order chi connectivity index (χ1) is 12.9. The van der Waals surface area contributed by atoms with Crippen molar-refractivity contribution >= 4 is 22.6 Å². The number of nitrogens with two attached hydrogens (primary N) is 1. The number of nitrogens with one attached hydrogen (secondary N) is 1. The van der Waals surface area contributed by atoms with E-state index in [1.807, 2.05) is 6.92 Å². The van der Waals surface area contributed by atoms with Gasteiger partial charge in [0.25, 0.3) is 11.1 Å². The van der Waals surface area contributed by atoms with Crippen LogP contribution < -0.4 is 16.9 Å². The molecule has 2 aromatic heterocycles. The van der Waals surface area contributed by atoms with Gasteiger partial charge < -0.3 is 15.5 Å². The van der Waals surface area contributed by atoms with E-state index in [9.17, 15) is 14.4 Å². The molecule has 0 aliphatic carbocycles. The Morgan fingerprint density at radius 1 is 1.33 bits per heavy atom. The number of aryl methyl sites for hydroxylation is 1. The second-order valence-electron chi connectivity index (χ2n) is 5.73. The quantitative estimate of drug-likeness (QED) is 0.659. The number of carbonyl (C=O) groups is 1. The lowest BCUT2D eigenvalue weighted by Gasteiger charge is -2.12. The highest BCUT2D eigenvalue weighted by Gasteiger charge is 2.23. The fourth-order valence-electron chi connectivity index (χ4n) is 2.64. The van der Waals surface area contributed by atoms with Crippen molar-refractivity contribution in [1.82, 2.24) is 14.8 Å². The summed E-state index contributed by atoms with van der Waals surface area (Å²) < 4.78 is 5.97. The largest absolute Gasteiger partial charge is 0.461 e. The van der Waals surface area contributed by atoms with E-state index >= 15 is 0 Å². The molecule has 0 spiro atoms. The summed E-state index contributed by atoms with van der Waals surface area (Å²) in [5.41, 5.74) is 4.62. The highest BCUT2D eigenvalue weighted by Crippen LogP contribution is 2.20. The lowest BCUT2D eigenvalue weighted by Crippen LogP contribution is -2.29. The van der Waals surface area contributed by atoms with Crippen LogP contribution >= 0.6 is 0 Å². The zero-order valence-electron chi connectivity index (χ0n) is 14.6. The van der Waals surface area contributed by atoms with E-state index in [0.29, 0.717) is 5.69 Å². The number of carbonyl (C=O) groups excluding carboxylic acids is 1. The van der Waals surface area contributed by atoms with Crippen LogP contribution in [0.2, 0.25) is 0 Å². The number of esters is 1. The number of nitrogens with zero attached hydrogens (tertiary/aromatic N) is 3. The first kappa shape index (κ1) is 17.9. The van der Waals surface area contributed by atoms with E-state index in [2.05, 4.69) is 10.1 Å². The van der Waals surface area contributed by atoms with Crippen LogP contribution in [0.1, 0.15) is 28.5 Å². The molecular weight excluding hydrogens is 350 g/mol. The van der Waals surface area contributed by atoms with Crippen molar-refractivity contribution in [2.45, 2.75) is 13.8 Å². The number of H-pyrrole nitrogens is 1.